The van der Waals surface area contributed by atoms with E-state index in [1.54, 1.807) is 12.1 Å². The molecule has 7 heteroatoms. The molecule has 25 heavy (non-hydrogen) atoms. The summed E-state index contributed by atoms with van der Waals surface area (Å²) in [7, 11) is 0. The van der Waals surface area contributed by atoms with Gasteiger partial charge in [-0.2, -0.15) is 0 Å². The first kappa shape index (κ1) is 17.4. The van der Waals surface area contributed by atoms with Crippen LogP contribution in [0.1, 0.15) is 42.1 Å². The highest BCUT2D eigenvalue weighted by molar-refractivity contribution is 6.01. The molecule has 0 radical (unpaired) electrons. The number of nitrogens with zero attached hydrogens (tertiary/aromatic N) is 1. The lowest BCUT2D eigenvalue weighted by Crippen LogP contribution is -2.55. The minimum absolute atomic E-state index is 0.0356. The monoisotopic (exact) mass is 345 g/mol. The first-order chi connectivity index (χ1) is 12.0. The number of rotatable bonds is 6. The summed E-state index contributed by atoms with van der Waals surface area (Å²) >= 11 is 0. The highest BCUT2D eigenvalue weighted by Crippen LogP contribution is 2.27. The van der Waals surface area contributed by atoms with Crippen LogP contribution in [0.15, 0.2) is 18.2 Å². The van der Waals surface area contributed by atoms with E-state index in [-0.39, 0.29) is 30.4 Å². The Hall–Kier alpha value is -2.41. The van der Waals surface area contributed by atoms with Gasteiger partial charge in [-0.05, 0) is 49.6 Å². The number of carbonyl (C=O) groups excluding carboxylic acids is 2. The van der Waals surface area contributed by atoms with Gasteiger partial charge < -0.3 is 15.7 Å². The molecule has 1 saturated carbocycles. The number of amides is 2. The molecule has 2 amide bonds. The van der Waals surface area contributed by atoms with Gasteiger partial charge in [0.25, 0.3) is 0 Å². The van der Waals surface area contributed by atoms with Crippen LogP contribution in [0.3, 0.4) is 0 Å². The number of hydrogen-bond acceptors (Lipinski definition) is 4. The van der Waals surface area contributed by atoms with Crippen LogP contribution in [0.25, 0.3) is 0 Å². The maximum Gasteiger partial charge on any atom is 0.319 e. The molecule has 0 bridgehead atoms. The number of benzene rings is 1. The van der Waals surface area contributed by atoms with Gasteiger partial charge in [0, 0.05) is 29.8 Å². The number of carboxylic acid groups (broad SMARTS) is 1. The number of nitrogens with one attached hydrogen (secondary N) is 2. The largest absolute Gasteiger partial charge is 0.480 e. The molecule has 0 unspecified atom stereocenters. The van der Waals surface area contributed by atoms with Crippen LogP contribution < -0.4 is 10.6 Å². The number of aliphatic carboxylic acids is 1. The van der Waals surface area contributed by atoms with Crippen LogP contribution in [-0.2, 0) is 11.2 Å². The molecule has 1 aromatic rings. The van der Waals surface area contributed by atoms with Gasteiger partial charge >= 0.3 is 12.0 Å². The van der Waals surface area contributed by atoms with Crippen molar-refractivity contribution in [1.82, 2.24) is 10.2 Å². The Kier molecular flexibility index (Phi) is 5.03. The normalized spacial score (nSPS) is 21.6. The summed E-state index contributed by atoms with van der Waals surface area (Å²) in [4.78, 5) is 36.5. The van der Waals surface area contributed by atoms with Crippen molar-refractivity contribution >= 4 is 23.5 Å². The first-order valence-electron chi connectivity index (χ1n) is 8.65. The van der Waals surface area contributed by atoms with Crippen molar-refractivity contribution < 1.29 is 19.5 Å². The number of ketones is 1. The average Bonchev–Trinajstić information content (AvgIpc) is 2.89. The third kappa shape index (κ3) is 3.99. The molecule has 0 aliphatic heterocycles. The fraction of sp³-hybridized carbons (Fsp3) is 0.500. The molecule has 0 atom stereocenters. The molecular formula is C18H23N3O4. The lowest BCUT2D eigenvalue weighted by Gasteiger charge is -2.42. The van der Waals surface area contributed by atoms with E-state index in [9.17, 15) is 14.4 Å². The number of carboxylic acids is 1. The second-order valence-corrected chi connectivity index (χ2v) is 6.67. The second kappa shape index (κ2) is 7.23. The van der Waals surface area contributed by atoms with E-state index in [1.165, 1.54) is 0 Å². The minimum atomic E-state index is -0.828. The van der Waals surface area contributed by atoms with E-state index in [2.05, 4.69) is 10.6 Å². The number of hydrogen-bond donors (Lipinski definition) is 3. The van der Waals surface area contributed by atoms with Crippen molar-refractivity contribution in [3.05, 3.63) is 29.3 Å². The van der Waals surface area contributed by atoms with Gasteiger partial charge in [0.05, 0.1) is 6.54 Å². The number of aryl methyl sites for hydroxylation is 1. The quantitative estimate of drug-likeness (QED) is 0.731. The molecule has 0 saturated heterocycles. The van der Waals surface area contributed by atoms with E-state index < -0.39 is 5.97 Å². The zero-order valence-electron chi connectivity index (χ0n) is 14.2. The fourth-order valence-electron chi connectivity index (χ4n) is 3.56. The molecule has 7 nitrogen and oxygen atoms in total. The average molecular weight is 345 g/mol. The summed E-state index contributed by atoms with van der Waals surface area (Å²) in [5.41, 5.74) is 2.42. The summed E-state index contributed by atoms with van der Waals surface area (Å²) in [5.74, 6) is -0.667. The van der Waals surface area contributed by atoms with Gasteiger partial charge in [-0.3, -0.25) is 14.5 Å². The summed E-state index contributed by atoms with van der Waals surface area (Å²) in [6, 6.07) is 5.37. The Morgan fingerprint density at radius 2 is 2.04 bits per heavy atom. The standard InChI is InChI=1S/C18H23N3O4/c1-2-21(10-17(23)24)14-8-13(9-14)20-18(25)19-12-4-5-15-11(7-12)3-6-16(15)22/h4-5,7,13-14H,2-3,6,8-10H2,1H3,(H,23,24)(H2,19,20,25). The van der Waals surface area contributed by atoms with E-state index >= 15 is 0 Å². The van der Waals surface area contributed by atoms with Crippen molar-refractivity contribution in [2.75, 3.05) is 18.4 Å². The molecule has 1 fully saturated rings. The third-order valence-electron chi connectivity index (χ3n) is 4.99. The highest BCUT2D eigenvalue weighted by atomic mass is 16.4. The Labute approximate surface area is 146 Å². The lowest BCUT2D eigenvalue weighted by atomic mass is 9.85. The van der Waals surface area contributed by atoms with Crippen molar-refractivity contribution in [3.63, 3.8) is 0 Å². The van der Waals surface area contributed by atoms with Gasteiger partial charge in [-0.1, -0.05) is 6.92 Å². The Bertz CT molecular complexity index is 698. The molecule has 0 spiro atoms. The van der Waals surface area contributed by atoms with Gasteiger partial charge in [0.1, 0.15) is 0 Å². The zero-order chi connectivity index (χ0) is 18.0. The summed E-state index contributed by atoms with van der Waals surface area (Å²) in [6.45, 7) is 2.66. The summed E-state index contributed by atoms with van der Waals surface area (Å²) in [5, 5.41) is 14.6. The summed E-state index contributed by atoms with van der Waals surface area (Å²) < 4.78 is 0. The van der Waals surface area contributed by atoms with Crippen LogP contribution in [0, 0.1) is 0 Å². The topological polar surface area (TPSA) is 98.7 Å². The van der Waals surface area contributed by atoms with E-state index in [4.69, 9.17) is 5.11 Å². The number of likely N-dealkylation sites (N-methyl/N-ethyl adjacent to an activating group) is 1. The predicted octanol–water partition coefficient (Wildman–Crippen LogP) is 1.87. The minimum Gasteiger partial charge on any atom is -0.480 e. The van der Waals surface area contributed by atoms with Crippen molar-refractivity contribution in [1.29, 1.82) is 0 Å². The summed E-state index contributed by atoms with van der Waals surface area (Å²) in [6.07, 6.45) is 2.78. The van der Waals surface area contributed by atoms with Gasteiger partial charge in [-0.15, -0.1) is 0 Å². The molecule has 2 aliphatic carbocycles. The SMILES string of the molecule is CCN(CC(=O)O)C1CC(NC(=O)Nc2ccc3c(c2)CCC3=O)C1. The molecule has 0 heterocycles. The number of urea groups is 1. The molecule has 134 valence electrons. The molecule has 3 rings (SSSR count). The first-order valence-corrected chi connectivity index (χ1v) is 8.65. The van der Waals surface area contributed by atoms with Crippen LogP contribution >= 0.6 is 0 Å². The fourth-order valence-corrected chi connectivity index (χ4v) is 3.56. The molecule has 2 aliphatic rings. The number of carbonyl (C=O) groups is 3. The molecular weight excluding hydrogens is 322 g/mol. The highest BCUT2D eigenvalue weighted by Gasteiger charge is 2.34. The van der Waals surface area contributed by atoms with Crippen molar-refractivity contribution in [3.8, 4) is 0 Å². The van der Waals surface area contributed by atoms with E-state index in [0.29, 0.717) is 18.7 Å². The van der Waals surface area contributed by atoms with Gasteiger partial charge in [-0.25, -0.2) is 4.79 Å². The van der Waals surface area contributed by atoms with Crippen LogP contribution in [0.5, 0.6) is 0 Å². The maximum atomic E-state index is 12.1. The third-order valence-corrected chi connectivity index (χ3v) is 4.99. The van der Waals surface area contributed by atoms with Gasteiger partial charge in [0.2, 0.25) is 0 Å². The number of fused-ring (bicyclic) bond motifs is 1. The second-order valence-electron chi connectivity index (χ2n) is 6.67. The van der Waals surface area contributed by atoms with Crippen molar-refractivity contribution in [2.24, 2.45) is 0 Å². The van der Waals surface area contributed by atoms with E-state index in [0.717, 1.165) is 30.4 Å². The van der Waals surface area contributed by atoms with Crippen LogP contribution in [-0.4, -0.2) is 53.0 Å². The molecule has 1 aromatic carbocycles. The van der Waals surface area contributed by atoms with Crippen LogP contribution in [0.4, 0.5) is 10.5 Å². The van der Waals surface area contributed by atoms with Crippen LogP contribution in [0.2, 0.25) is 0 Å². The van der Waals surface area contributed by atoms with Gasteiger partial charge in [0.15, 0.2) is 5.78 Å². The smallest absolute Gasteiger partial charge is 0.319 e. The predicted molar refractivity (Wildman–Crippen MR) is 92.9 cm³/mol. The Morgan fingerprint density at radius 1 is 1.28 bits per heavy atom. The van der Waals surface area contributed by atoms with E-state index in [1.807, 2.05) is 17.9 Å². The molecule has 0 aromatic heterocycles. The maximum absolute atomic E-state index is 12.1. The van der Waals surface area contributed by atoms with Crippen molar-refractivity contribution in [2.45, 2.75) is 44.7 Å². The Balaban J connectivity index is 1.47. The Morgan fingerprint density at radius 3 is 2.72 bits per heavy atom. The number of anilines is 1. The zero-order valence-corrected chi connectivity index (χ0v) is 14.2. The lowest BCUT2D eigenvalue weighted by molar-refractivity contribution is -0.139. The number of Topliss-reactive ketones (excluding diaryl/α,β-unsaturated/α-hetero) is 1. The molecule has 3 N–H and O–H groups in total.